The van der Waals surface area contributed by atoms with Crippen molar-refractivity contribution in [1.82, 2.24) is 9.88 Å². The standard InChI is InChI=1S/C16H16N2O2S/c1-18-11-5-6-13(18)14-12(8-11)17-15(21-14)9-3-2-4-10(7-9)16(19)20/h2-4,7,11,13H,5-6,8H2,1H3,(H,19,20). The lowest BCUT2D eigenvalue weighted by molar-refractivity contribution is 0.0697. The number of hydrogen-bond acceptors (Lipinski definition) is 4. The topological polar surface area (TPSA) is 53.4 Å². The smallest absolute Gasteiger partial charge is 0.335 e. The van der Waals surface area contributed by atoms with E-state index in [2.05, 4.69) is 11.9 Å². The van der Waals surface area contributed by atoms with Crippen molar-refractivity contribution < 1.29 is 9.90 Å². The Morgan fingerprint density at radius 3 is 3.10 bits per heavy atom. The number of aromatic carboxylic acids is 1. The number of thiazole rings is 1. The van der Waals surface area contributed by atoms with Gasteiger partial charge in [0.2, 0.25) is 0 Å². The first-order valence-corrected chi connectivity index (χ1v) is 8.00. The number of carboxylic acid groups (broad SMARTS) is 1. The first-order chi connectivity index (χ1) is 10.1. The molecular formula is C16H16N2O2S. The first kappa shape index (κ1) is 13.0. The summed E-state index contributed by atoms with van der Waals surface area (Å²) in [6, 6.07) is 8.20. The maximum Gasteiger partial charge on any atom is 0.335 e. The summed E-state index contributed by atoms with van der Waals surface area (Å²) in [6.07, 6.45) is 3.50. The largest absolute Gasteiger partial charge is 0.478 e. The highest BCUT2D eigenvalue weighted by atomic mass is 32.1. The summed E-state index contributed by atoms with van der Waals surface area (Å²) in [7, 11) is 2.20. The quantitative estimate of drug-likeness (QED) is 0.925. The van der Waals surface area contributed by atoms with Crippen molar-refractivity contribution in [3.8, 4) is 10.6 Å². The van der Waals surface area contributed by atoms with Crippen molar-refractivity contribution in [3.05, 3.63) is 40.4 Å². The Labute approximate surface area is 127 Å². The Bertz CT molecular complexity index is 725. The van der Waals surface area contributed by atoms with Gasteiger partial charge in [0.25, 0.3) is 0 Å². The van der Waals surface area contributed by atoms with E-state index >= 15 is 0 Å². The molecule has 2 atom stereocenters. The van der Waals surface area contributed by atoms with Crippen LogP contribution in [0, 0.1) is 0 Å². The third kappa shape index (κ3) is 2.00. The predicted molar refractivity (Wildman–Crippen MR) is 81.7 cm³/mol. The summed E-state index contributed by atoms with van der Waals surface area (Å²) in [4.78, 5) is 19.7. The Hall–Kier alpha value is -1.72. The molecule has 0 saturated carbocycles. The molecule has 108 valence electrons. The lowest BCUT2D eigenvalue weighted by Crippen LogP contribution is -2.33. The van der Waals surface area contributed by atoms with Crippen LogP contribution >= 0.6 is 11.3 Å². The Morgan fingerprint density at radius 1 is 1.43 bits per heavy atom. The van der Waals surface area contributed by atoms with Gasteiger partial charge in [-0.2, -0.15) is 0 Å². The lowest BCUT2D eigenvalue weighted by atomic mass is 10.1. The Morgan fingerprint density at radius 2 is 2.29 bits per heavy atom. The maximum absolute atomic E-state index is 11.1. The number of carboxylic acids is 1. The van der Waals surface area contributed by atoms with Crippen LogP contribution in [0.5, 0.6) is 0 Å². The monoisotopic (exact) mass is 300 g/mol. The summed E-state index contributed by atoms with van der Waals surface area (Å²) in [5.74, 6) is -0.892. The molecule has 2 unspecified atom stereocenters. The zero-order valence-electron chi connectivity index (χ0n) is 11.7. The number of carbonyl (C=O) groups is 1. The molecule has 5 heteroatoms. The normalized spacial score (nSPS) is 24.0. The average Bonchev–Trinajstić information content (AvgIpc) is 3.00. The van der Waals surface area contributed by atoms with Gasteiger partial charge in [0.15, 0.2) is 0 Å². The van der Waals surface area contributed by atoms with Gasteiger partial charge in [0.05, 0.1) is 11.3 Å². The van der Waals surface area contributed by atoms with Gasteiger partial charge in [-0.15, -0.1) is 11.3 Å². The van der Waals surface area contributed by atoms with Gasteiger partial charge >= 0.3 is 5.97 Å². The maximum atomic E-state index is 11.1. The van der Waals surface area contributed by atoms with Crippen LogP contribution in [0.2, 0.25) is 0 Å². The van der Waals surface area contributed by atoms with E-state index in [-0.39, 0.29) is 0 Å². The molecule has 0 radical (unpaired) electrons. The summed E-state index contributed by atoms with van der Waals surface area (Å²) in [5, 5.41) is 10.1. The molecular weight excluding hydrogens is 284 g/mol. The van der Waals surface area contributed by atoms with Crippen LogP contribution in [-0.2, 0) is 6.42 Å². The number of benzene rings is 1. The highest BCUT2D eigenvalue weighted by Crippen LogP contribution is 2.46. The zero-order valence-corrected chi connectivity index (χ0v) is 12.6. The van der Waals surface area contributed by atoms with E-state index in [0.29, 0.717) is 17.6 Å². The van der Waals surface area contributed by atoms with Gasteiger partial charge in [0.1, 0.15) is 5.01 Å². The molecule has 2 aliphatic rings. The number of hydrogen-bond donors (Lipinski definition) is 1. The van der Waals surface area contributed by atoms with Gasteiger partial charge < -0.3 is 5.11 Å². The molecule has 1 aromatic carbocycles. The second-order valence-corrected chi connectivity index (χ2v) is 6.86. The third-order valence-corrected chi connectivity index (χ3v) is 5.90. The number of aromatic nitrogens is 1. The molecule has 1 aromatic heterocycles. The minimum absolute atomic E-state index is 0.319. The molecule has 1 fully saturated rings. The lowest BCUT2D eigenvalue weighted by Gasteiger charge is -2.29. The van der Waals surface area contributed by atoms with Crippen LogP contribution < -0.4 is 0 Å². The fourth-order valence-corrected chi connectivity index (χ4v) is 4.75. The van der Waals surface area contributed by atoms with Crippen LogP contribution in [0.1, 0.15) is 39.8 Å². The van der Waals surface area contributed by atoms with Crippen LogP contribution in [0.15, 0.2) is 24.3 Å². The molecule has 0 amide bonds. The average molecular weight is 300 g/mol. The second kappa shape index (κ2) is 4.64. The Kier molecular flexibility index (Phi) is 2.87. The molecule has 2 bridgehead atoms. The van der Waals surface area contributed by atoms with Crippen molar-refractivity contribution in [2.24, 2.45) is 0 Å². The van der Waals surface area contributed by atoms with Crippen molar-refractivity contribution in [2.75, 3.05) is 7.05 Å². The van der Waals surface area contributed by atoms with E-state index in [4.69, 9.17) is 10.1 Å². The summed E-state index contributed by atoms with van der Waals surface area (Å²) < 4.78 is 0. The van der Waals surface area contributed by atoms with E-state index in [1.54, 1.807) is 29.5 Å². The number of nitrogens with zero attached hydrogens (tertiary/aromatic N) is 2. The fraction of sp³-hybridized carbons (Fsp3) is 0.375. The van der Waals surface area contributed by atoms with E-state index in [0.717, 1.165) is 17.0 Å². The molecule has 1 saturated heterocycles. The van der Waals surface area contributed by atoms with Crippen LogP contribution in [0.4, 0.5) is 0 Å². The van der Waals surface area contributed by atoms with Crippen molar-refractivity contribution in [2.45, 2.75) is 31.3 Å². The highest BCUT2D eigenvalue weighted by Gasteiger charge is 2.39. The van der Waals surface area contributed by atoms with Gasteiger partial charge in [-0.3, -0.25) is 4.90 Å². The molecule has 21 heavy (non-hydrogen) atoms. The zero-order chi connectivity index (χ0) is 14.6. The SMILES string of the molecule is CN1C2CCC1c1sc(-c3cccc(C(=O)O)c3)nc1C2. The molecule has 4 rings (SSSR count). The molecule has 4 nitrogen and oxygen atoms in total. The van der Waals surface area contributed by atoms with E-state index in [9.17, 15) is 4.79 Å². The Balaban J connectivity index is 1.75. The van der Waals surface area contributed by atoms with Crippen molar-refractivity contribution >= 4 is 17.3 Å². The van der Waals surface area contributed by atoms with Crippen LogP contribution in [0.3, 0.4) is 0 Å². The van der Waals surface area contributed by atoms with Gasteiger partial charge in [0, 0.05) is 28.9 Å². The molecule has 1 N–H and O–H groups in total. The minimum atomic E-state index is -0.892. The predicted octanol–water partition coefficient (Wildman–Crippen LogP) is 3.20. The summed E-state index contributed by atoms with van der Waals surface area (Å²) in [6.45, 7) is 0. The highest BCUT2D eigenvalue weighted by molar-refractivity contribution is 7.15. The second-order valence-electron chi connectivity index (χ2n) is 5.83. The molecule has 2 aliphatic heterocycles. The molecule has 0 aliphatic carbocycles. The first-order valence-electron chi connectivity index (χ1n) is 7.19. The molecule has 0 spiro atoms. The van der Waals surface area contributed by atoms with Gasteiger partial charge in [-0.1, -0.05) is 12.1 Å². The van der Waals surface area contributed by atoms with Crippen LogP contribution in [0.25, 0.3) is 10.6 Å². The molecule has 3 heterocycles. The van der Waals surface area contributed by atoms with Crippen molar-refractivity contribution in [1.29, 1.82) is 0 Å². The van der Waals surface area contributed by atoms with Gasteiger partial charge in [-0.05, 0) is 32.0 Å². The number of likely N-dealkylation sites (N-methyl/N-ethyl adjacent to an activating group) is 1. The van der Waals surface area contributed by atoms with E-state index in [1.807, 2.05) is 6.07 Å². The third-order valence-electron chi connectivity index (χ3n) is 4.66. The minimum Gasteiger partial charge on any atom is -0.478 e. The molecule has 2 aromatic rings. The van der Waals surface area contributed by atoms with Crippen molar-refractivity contribution in [3.63, 3.8) is 0 Å². The number of fused-ring (bicyclic) bond motifs is 4. The van der Waals surface area contributed by atoms with Crippen LogP contribution in [-0.4, -0.2) is 34.0 Å². The van der Waals surface area contributed by atoms with Gasteiger partial charge in [-0.25, -0.2) is 9.78 Å². The summed E-state index contributed by atoms with van der Waals surface area (Å²) >= 11 is 1.73. The fourth-order valence-electron chi connectivity index (χ4n) is 3.48. The van der Waals surface area contributed by atoms with E-state index in [1.165, 1.54) is 23.4 Å². The van der Waals surface area contributed by atoms with E-state index < -0.39 is 5.97 Å². The summed E-state index contributed by atoms with van der Waals surface area (Å²) in [5.41, 5.74) is 2.45. The number of rotatable bonds is 2.